The maximum absolute atomic E-state index is 12.5. The second-order valence-corrected chi connectivity index (χ2v) is 3.15. The molecule has 0 aromatic carbocycles. The fraction of sp³-hybridized carbons (Fsp3) is 0.333. The first kappa shape index (κ1) is 11.8. The number of carboxylic acid groups (broad SMARTS) is 1. The van der Waals surface area contributed by atoms with Gasteiger partial charge in [0.05, 0.1) is 18.0 Å². The SMILES string of the molecule is O=C(O)Cc1cnc(CCl)c(C(F)F)c1. The van der Waals surface area contributed by atoms with Gasteiger partial charge in [-0.15, -0.1) is 11.6 Å². The topological polar surface area (TPSA) is 50.2 Å². The lowest BCUT2D eigenvalue weighted by molar-refractivity contribution is -0.136. The summed E-state index contributed by atoms with van der Waals surface area (Å²) < 4.78 is 25.0. The van der Waals surface area contributed by atoms with Gasteiger partial charge in [0.1, 0.15) is 0 Å². The molecule has 0 saturated carbocycles. The van der Waals surface area contributed by atoms with E-state index in [-0.39, 0.29) is 29.1 Å². The fourth-order valence-corrected chi connectivity index (χ4v) is 1.35. The van der Waals surface area contributed by atoms with Crippen molar-refractivity contribution in [2.45, 2.75) is 18.7 Å². The van der Waals surface area contributed by atoms with Crippen molar-refractivity contribution in [3.8, 4) is 0 Å². The molecule has 0 radical (unpaired) electrons. The zero-order valence-electron chi connectivity index (χ0n) is 7.58. The van der Waals surface area contributed by atoms with Gasteiger partial charge in [0.2, 0.25) is 0 Å². The second-order valence-electron chi connectivity index (χ2n) is 2.88. The van der Waals surface area contributed by atoms with Crippen LogP contribution in [0.25, 0.3) is 0 Å². The normalized spacial score (nSPS) is 10.7. The van der Waals surface area contributed by atoms with Gasteiger partial charge in [0.25, 0.3) is 6.43 Å². The van der Waals surface area contributed by atoms with Crippen molar-refractivity contribution in [1.82, 2.24) is 4.98 Å². The van der Waals surface area contributed by atoms with E-state index in [1.54, 1.807) is 0 Å². The van der Waals surface area contributed by atoms with E-state index in [2.05, 4.69) is 4.98 Å². The van der Waals surface area contributed by atoms with Crippen molar-refractivity contribution in [1.29, 1.82) is 0 Å². The average Bonchev–Trinajstić information content (AvgIpc) is 2.16. The van der Waals surface area contributed by atoms with E-state index in [1.807, 2.05) is 0 Å². The lowest BCUT2D eigenvalue weighted by Crippen LogP contribution is -2.04. The predicted octanol–water partition coefficient (Wildman–Crippen LogP) is 2.39. The highest BCUT2D eigenvalue weighted by atomic mass is 35.5. The Morgan fingerprint density at radius 2 is 2.27 bits per heavy atom. The molecular formula is C9H8ClF2NO2. The molecule has 1 aromatic rings. The van der Waals surface area contributed by atoms with E-state index in [1.165, 1.54) is 6.20 Å². The van der Waals surface area contributed by atoms with Crippen molar-refractivity contribution >= 4 is 17.6 Å². The summed E-state index contributed by atoms with van der Waals surface area (Å²) in [6, 6.07) is 1.13. The Morgan fingerprint density at radius 3 is 2.73 bits per heavy atom. The number of hydrogen-bond donors (Lipinski definition) is 1. The summed E-state index contributed by atoms with van der Waals surface area (Å²) in [5, 5.41) is 8.48. The molecule has 1 heterocycles. The Hall–Kier alpha value is -1.23. The number of nitrogens with zero attached hydrogens (tertiary/aromatic N) is 1. The molecule has 0 aliphatic rings. The van der Waals surface area contributed by atoms with E-state index in [9.17, 15) is 13.6 Å². The molecule has 0 spiro atoms. The Kier molecular flexibility index (Phi) is 3.96. The van der Waals surface area contributed by atoms with Gasteiger partial charge >= 0.3 is 5.97 Å². The van der Waals surface area contributed by atoms with Gasteiger partial charge in [0.15, 0.2) is 0 Å². The number of halogens is 3. The van der Waals surface area contributed by atoms with Crippen LogP contribution in [0.5, 0.6) is 0 Å². The van der Waals surface area contributed by atoms with E-state index >= 15 is 0 Å². The standard InChI is InChI=1S/C9H8ClF2NO2/c10-3-7-6(9(11)12)1-5(4-13-7)2-8(14)15/h1,4,9H,2-3H2,(H,14,15). The van der Waals surface area contributed by atoms with Crippen molar-refractivity contribution in [3.63, 3.8) is 0 Å². The Labute approximate surface area is 89.7 Å². The van der Waals surface area contributed by atoms with E-state index in [0.29, 0.717) is 0 Å². The van der Waals surface area contributed by atoms with Gasteiger partial charge in [-0.1, -0.05) is 0 Å². The monoisotopic (exact) mass is 235 g/mol. The van der Waals surface area contributed by atoms with Crippen molar-refractivity contribution in [2.75, 3.05) is 0 Å². The summed E-state index contributed by atoms with van der Waals surface area (Å²) in [5.74, 6) is -1.21. The van der Waals surface area contributed by atoms with Crippen LogP contribution >= 0.6 is 11.6 Å². The zero-order chi connectivity index (χ0) is 11.4. The molecular weight excluding hydrogens is 228 g/mol. The van der Waals surface area contributed by atoms with Crippen LogP contribution in [-0.4, -0.2) is 16.1 Å². The van der Waals surface area contributed by atoms with Gasteiger partial charge in [-0.05, 0) is 11.6 Å². The minimum atomic E-state index is -2.69. The van der Waals surface area contributed by atoms with Crippen molar-refractivity contribution < 1.29 is 18.7 Å². The van der Waals surface area contributed by atoms with Gasteiger partial charge < -0.3 is 5.11 Å². The summed E-state index contributed by atoms with van der Waals surface area (Å²) >= 11 is 5.42. The van der Waals surface area contributed by atoms with Gasteiger partial charge in [-0.3, -0.25) is 9.78 Å². The van der Waals surface area contributed by atoms with Gasteiger partial charge in [-0.25, -0.2) is 8.78 Å². The van der Waals surface area contributed by atoms with Crippen LogP contribution in [0.15, 0.2) is 12.3 Å². The van der Waals surface area contributed by atoms with Crippen LogP contribution in [-0.2, 0) is 17.1 Å². The molecule has 6 heteroatoms. The molecule has 0 fully saturated rings. The van der Waals surface area contributed by atoms with Crippen LogP contribution in [0.4, 0.5) is 8.78 Å². The third kappa shape index (κ3) is 3.13. The van der Waals surface area contributed by atoms with Crippen LogP contribution in [0, 0.1) is 0 Å². The smallest absolute Gasteiger partial charge is 0.307 e. The van der Waals surface area contributed by atoms with Crippen LogP contribution in [0.2, 0.25) is 0 Å². The minimum Gasteiger partial charge on any atom is -0.481 e. The number of rotatable bonds is 4. The molecule has 0 aliphatic heterocycles. The highest BCUT2D eigenvalue weighted by Gasteiger charge is 2.15. The molecule has 0 aliphatic carbocycles. The maximum atomic E-state index is 12.5. The maximum Gasteiger partial charge on any atom is 0.307 e. The highest BCUT2D eigenvalue weighted by Crippen LogP contribution is 2.23. The molecule has 0 amide bonds. The largest absolute Gasteiger partial charge is 0.481 e. The van der Waals surface area contributed by atoms with Gasteiger partial charge in [0, 0.05) is 11.8 Å². The lowest BCUT2D eigenvalue weighted by Gasteiger charge is -2.06. The van der Waals surface area contributed by atoms with Crippen LogP contribution in [0.3, 0.4) is 0 Å². The number of carboxylic acids is 1. The number of carbonyl (C=O) groups is 1. The lowest BCUT2D eigenvalue weighted by atomic mass is 10.1. The van der Waals surface area contributed by atoms with E-state index in [4.69, 9.17) is 16.7 Å². The second kappa shape index (κ2) is 5.02. The summed E-state index contributed by atoms with van der Waals surface area (Å²) in [6.45, 7) is 0. The number of pyridine rings is 1. The van der Waals surface area contributed by atoms with Crippen LogP contribution < -0.4 is 0 Å². The quantitative estimate of drug-likeness (QED) is 0.816. The molecule has 0 unspecified atom stereocenters. The number of alkyl halides is 3. The van der Waals surface area contributed by atoms with Gasteiger partial charge in [-0.2, -0.15) is 0 Å². The summed E-state index contributed by atoms with van der Waals surface area (Å²) in [5.41, 5.74) is 0.0243. The first-order valence-corrected chi connectivity index (χ1v) is 4.61. The summed E-state index contributed by atoms with van der Waals surface area (Å²) in [7, 11) is 0. The number of aromatic nitrogens is 1. The summed E-state index contributed by atoms with van der Waals surface area (Å²) in [6.07, 6.45) is -1.77. The molecule has 0 bridgehead atoms. The first-order chi connectivity index (χ1) is 7.04. The number of hydrogen-bond acceptors (Lipinski definition) is 2. The molecule has 0 saturated heterocycles. The molecule has 15 heavy (non-hydrogen) atoms. The van der Waals surface area contributed by atoms with Crippen molar-refractivity contribution in [2.24, 2.45) is 0 Å². The molecule has 82 valence electrons. The first-order valence-electron chi connectivity index (χ1n) is 4.08. The third-order valence-electron chi connectivity index (χ3n) is 1.78. The Morgan fingerprint density at radius 1 is 1.60 bits per heavy atom. The highest BCUT2D eigenvalue weighted by molar-refractivity contribution is 6.17. The Bertz CT molecular complexity index is 371. The average molecular weight is 236 g/mol. The van der Waals surface area contributed by atoms with Crippen LogP contribution in [0.1, 0.15) is 23.2 Å². The zero-order valence-corrected chi connectivity index (χ0v) is 8.34. The third-order valence-corrected chi connectivity index (χ3v) is 2.03. The van der Waals surface area contributed by atoms with E-state index < -0.39 is 12.4 Å². The molecule has 1 rings (SSSR count). The molecule has 3 nitrogen and oxygen atoms in total. The minimum absolute atomic E-state index is 0.0841. The number of aliphatic carboxylic acids is 1. The van der Waals surface area contributed by atoms with E-state index in [0.717, 1.165) is 6.07 Å². The fourth-order valence-electron chi connectivity index (χ4n) is 1.13. The molecule has 1 N–H and O–H groups in total. The molecule has 1 aromatic heterocycles. The molecule has 0 atom stereocenters. The van der Waals surface area contributed by atoms with Crippen molar-refractivity contribution in [3.05, 3.63) is 29.1 Å². The Balaban J connectivity index is 3.04. The predicted molar refractivity (Wildman–Crippen MR) is 50.1 cm³/mol. The summed E-state index contributed by atoms with van der Waals surface area (Å²) in [4.78, 5) is 14.1.